The molecule has 0 aromatic heterocycles. The summed E-state index contributed by atoms with van der Waals surface area (Å²) < 4.78 is 5.46. The van der Waals surface area contributed by atoms with Gasteiger partial charge in [-0.1, -0.05) is 0 Å². The van der Waals surface area contributed by atoms with Crippen molar-refractivity contribution in [1.82, 2.24) is 21.5 Å². The summed E-state index contributed by atoms with van der Waals surface area (Å²) in [5.74, 6) is 0.795. The number of rotatable bonds is 6. The number of ether oxygens (including phenoxy) is 1. The van der Waals surface area contributed by atoms with Crippen LogP contribution in [0.3, 0.4) is 0 Å². The maximum absolute atomic E-state index is 5.46. The van der Waals surface area contributed by atoms with E-state index in [-0.39, 0.29) is 0 Å². The molecule has 0 aliphatic carbocycles. The second kappa shape index (κ2) is 10.5. The van der Waals surface area contributed by atoms with E-state index in [1.807, 2.05) is 38.1 Å². The Labute approximate surface area is 152 Å². The maximum Gasteiger partial charge on any atom is 0.186 e. The molecule has 0 atom stereocenters. The predicted molar refractivity (Wildman–Crippen MR) is 107 cm³/mol. The summed E-state index contributed by atoms with van der Waals surface area (Å²) >= 11 is 10.1. The molecule has 0 spiro atoms. The van der Waals surface area contributed by atoms with E-state index in [0.717, 1.165) is 11.3 Å². The van der Waals surface area contributed by atoms with Crippen LogP contribution in [0.4, 0.5) is 0 Å². The van der Waals surface area contributed by atoms with Gasteiger partial charge in [-0.3, -0.25) is 10.9 Å². The number of nitrogens with one attached hydrogen (secondary N) is 4. The molecule has 0 aliphatic rings. The highest BCUT2D eigenvalue weighted by Crippen LogP contribution is 2.13. The summed E-state index contributed by atoms with van der Waals surface area (Å²) in [4.78, 5) is 0. The first kappa shape index (κ1) is 19.8. The number of benzene rings is 1. The van der Waals surface area contributed by atoms with Gasteiger partial charge in [0.25, 0.3) is 0 Å². The minimum atomic E-state index is 0.407. The van der Waals surface area contributed by atoms with E-state index in [9.17, 15) is 0 Å². The predicted octanol–water partition coefficient (Wildman–Crippen LogP) is 1.35. The highest BCUT2D eigenvalue weighted by molar-refractivity contribution is 7.80. The van der Waals surface area contributed by atoms with E-state index in [0.29, 0.717) is 28.3 Å². The van der Waals surface area contributed by atoms with Crippen LogP contribution < -0.4 is 26.2 Å². The van der Waals surface area contributed by atoms with Crippen molar-refractivity contribution in [3.63, 3.8) is 0 Å². The molecule has 4 N–H and O–H groups in total. The molecule has 0 amide bonds. The first-order valence-electron chi connectivity index (χ1n) is 7.32. The zero-order valence-corrected chi connectivity index (χ0v) is 15.8. The highest BCUT2D eigenvalue weighted by atomic mass is 32.1. The van der Waals surface area contributed by atoms with Gasteiger partial charge in [0, 0.05) is 19.7 Å². The number of thiocarbonyl (C=S) groups is 2. The van der Waals surface area contributed by atoms with E-state index in [1.165, 1.54) is 0 Å². The van der Waals surface area contributed by atoms with E-state index in [4.69, 9.17) is 29.2 Å². The number of hydrogen-bond donors (Lipinski definition) is 4. The lowest BCUT2D eigenvalue weighted by atomic mass is 10.1. The molecule has 7 nitrogen and oxygen atoms in total. The molecular weight excluding hydrogens is 344 g/mol. The lowest BCUT2D eigenvalue weighted by Crippen LogP contribution is -2.32. The number of nitrogens with zero attached hydrogens (tertiary/aromatic N) is 2. The third-order valence-electron chi connectivity index (χ3n) is 2.83. The van der Waals surface area contributed by atoms with Gasteiger partial charge in [-0.05, 0) is 62.5 Å². The molecule has 1 aromatic rings. The summed E-state index contributed by atoms with van der Waals surface area (Å²) in [5, 5.41) is 15.0. The van der Waals surface area contributed by atoms with Crippen LogP contribution in [0.2, 0.25) is 0 Å². The standard InChI is InChI=1S/C15H22N6OS2/c1-5-22-12-8-6-11(7-9-12)13(19-21-15(24)17-4)10(2)18-20-14(23)16-3/h6-9H,5H2,1-4H3,(H2,16,20,23)(H2,17,21,24). The summed E-state index contributed by atoms with van der Waals surface area (Å²) in [5.41, 5.74) is 7.65. The fourth-order valence-corrected chi connectivity index (χ4v) is 1.73. The van der Waals surface area contributed by atoms with Crippen molar-refractivity contribution < 1.29 is 4.74 Å². The Kier molecular flexibility index (Phi) is 8.66. The normalized spacial score (nSPS) is 11.5. The Morgan fingerprint density at radius 2 is 1.54 bits per heavy atom. The summed E-state index contributed by atoms with van der Waals surface area (Å²) in [6, 6.07) is 7.57. The number of hydrogen-bond acceptors (Lipinski definition) is 5. The van der Waals surface area contributed by atoms with Crippen LogP contribution in [0, 0.1) is 0 Å². The lowest BCUT2D eigenvalue weighted by Gasteiger charge is -2.10. The molecule has 0 aliphatic heterocycles. The molecule has 0 radical (unpaired) electrons. The third-order valence-corrected chi connectivity index (χ3v) is 3.42. The van der Waals surface area contributed by atoms with E-state index in [1.54, 1.807) is 14.1 Å². The van der Waals surface area contributed by atoms with Crippen molar-refractivity contribution in [2.24, 2.45) is 10.2 Å². The highest BCUT2D eigenvalue weighted by Gasteiger charge is 2.09. The molecule has 1 rings (SSSR count). The van der Waals surface area contributed by atoms with Crippen LogP contribution in [0.1, 0.15) is 19.4 Å². The second-order valence-corrected chi connectivity index (χ2v) is 5.31. The van der Waals surface area contributed by atoms with Gasteiger partial charge in [-0.2, -0.15) is 10.2 Å². The van der Waals surface area contributed by atoms with Crippen LogP contribution in [0.15, 0.2) is 34.5 Å². The Bertz CT molecular complexity index is 627. The fourth-order valence-electron chi connectivity index (χ4n) is 1.64. The lowest BCUT2D eigenvalue weighted by molar-refractivity contribution is 0.340. The zero-order chi connectivity index (χ0) is 17.9. The van der Waals surface area contributed by atoms with Crippen LogP contribution in [-0.2, 0) is 0 Å². The molecule has 0 saturated heterocycles. The average Bonchev–Trinajstić information content (AvgIpc) is 2.61. The van der Waals surface area contributed by atoms with Crippen LogP contribution in [0.25, 0.3) is 0 Å². The van der Waals surface area contributed by atoms with Gasteiger partial charge in [0.1, 0.15) is 11.5 Å². The molecule has 1 aromatic carbocycles. The van der Waals surface area contributed by atoms with E-state index in [2.05, 4.69) is 31.7 Å². The van der Waals surface area contributed by atoms with E-state index < -0.39 is 0 Å². The van der Waals surface area contributed by atoms with Gasteiger partial charge in [-0.25, -0.2) is 0 Å². The Morgan fingerprint density at radius 3 is 2.04 bits per heavy atom. The minimum absolute atomic E-state index is 0.407. The zero-order valence-electron chi connectivity index (χ0n) is 14.1. The van der Waals surface area contributed by atoms with Crippen molar-refractivity contribution in [3.05, 3.63) is 29.8 Å². The second-order valence-electron chi connectivity index (χ2n) is 4.50. The van der Waals surface area contributed by atoms with Crippen molar-refractivity contribution in [3.8, 4) is 5.75 Å². The van der Waals surface area contributed by atoms with Crippen LogP contribution in [-0.4, -0.2) is 42.4 Å². The van der Waals surface area contributed by atoms with Crippen molar-refractivity contribution in [1.29, 1.82) is 0 Å². The molecular formula is C15H22N6OS2. The first-order chi connectivity index (χ1) is 11.5. The molecule has 0 heterocycles. The molecule has 0 unspecified atom stereocenters. The largest absolute Gasteiger partial charge is 0.494 e. The molecule has 0 bridgehead atoms. The first-order valence-corrected chi connectivity index (χ1v) is 8.14. The van der Waals surface area contributed by atoms with Gasteiger partial charge in [0.05, 0.1) is 12.3 Å². The van der Waals surface area contributed by atoms with Gasteiger partial charge >= 0.3 is 0 Å². The summed E-state index contributed by atoms with van der Waals surface area (Å²) in [7, 11) is 3.43. The van der Waals surface area contributed by atoms with Crippen molar-refractivity contribution in [2.75, 3.05) is 20.7 Å². The molecule has 9 heteroatoms. The smallest absolute Gasteiger partial charge is 0.186 e. The summed E-state index contributed by atoms with van der Waals surface area (Å²) in [6.45, 7) is 4.38. The minimum Gasteiger partial charge on any atom is -0.494 e. The van der Waals surface area contributed by atoms with Gasteiger partial charge < -0.3 is 15.4 Å². The van der Waals surface area contributed by atoms with Crippen molar-refractivity contribution in [2.45, 2.75) is 13.8 Å². The third kappa shape index (κ3) is 6.47. The Balaban J connectivity index is 3.08. The molecule has 0 fully saturated rings. The van der Waals surface area contributed by atoms with Crippen LogP contribution >= 0.6 is 24.4 Å². The molecule has 130 valence electrons. The molecule has 24 heavy (non-hydrogen) atoms. The maximum atomic E-state index is 5.46. The number of hydrazone groups is 2. The molecule has 0 saturated carbocycles. The van der Waals surface area contributed by atoms with Gasteiger partial charge in [-0.15, -0.1) is 0 Å². The van der Waals surface area contributed by atoms with Gasteiger partial charge in [0.2, 0.25) is 0 Å². The topological polar surface area (TPSA) is 82.1 Å². The van der Waals surface area contributed by atoms with E-state index >= 15 is 0 Å². The Hall–Kier alpha value is -2.26. The average molecular weight is 367 g/mol. The van der Waals surface area contributed by atoms with Crippen LogP contribution in [0.5, 0.6) is 5.75 Å². The Morgan fingerprint density at radius 1 is 1.00 bits per heavy atom. The summed E-state index contributed by atoms with van der Waals surface area (Å²) in [6.07, 6.45) is 0. The quantitative estimate of drug-likeness (QED) is 0.344. The monoisotopic (exact) mass is 366 g/mol. The fraction of sp³-hybridized carbons (Fsp3) is 0.333. The SMILES string of the molecule is CCOc1ccc(C(=NNC(=S)NC)C(C)=NNC(=S)NC)cc1. The van der Waals surface area contributed by atoms with Crippen molar-refractivity contribution >= 4 is 46.1 Å². The van der Waals surface area contributed by atoms with Gasteiger partial charge in [0.15, 0.2) is 10.2 Å².